The summed E-state index contributed by atoms with van der Waals surface area (Å²) in [7, 11) is 0. The largest absolute Gasteiger partial charge is 0.379 e. The number of rotatable bonds is 3. The molecule has 2 heterocycles. The second-order valence-corrected chi connectivity index (χ2v) is 5.86. The Kier molecular flexibility index (Phi) is 3.29. The predicted molar refractivity (Wildman–Crippen MR) is 73.8 cm³/mol. The van der Waals surface area contributed by atoms with Gasteiger partial charge in [0.2, 0.25) is 0 Å². The third kappa shape index (κ3) is 2.14. The van der Waals surface area contributed by atoms with Gasteiger partial charge in [-0.1, -0.05) is 6.42 Å². The van der Waals surface area contributed by atoms with Crippen LogP contribution in [0.25, 0.3) is 0 Å². The van der Waals surface area contributed by atoms with Gasteiger partial charge in [-0.05, 0) is 52.0 Å². The lowest BCUT2D eigenvalue weighted by molar-refractivity contribution is 0.376. The van der Waals surface area contributed by atoms with Crippen molar-refractivity contribution < 1.29 is 0 Å². The average Bonchev–Trinajstić information content (AvgIpc) is 3.06. The molecule has 1 saturated heterocycles. The van der Waals surface area contributed by atoms with E-state index in [1.807, 2.05) is 0 Å². The second kappa shape index (κ2) is 4.92. The maximum absolute atomic E-state index is 4.28. The number of aromatic amines is 1. The van der Waals surface area contributed by atoms with Gasteiger partial charge in [-0.25, -0.2) is 0 Å². The Bertz CT molecular complexity index is 386. The van der Waals surface area contributed by atoms with Crippen LogP contribution in [0.4, 0.5) is 5.69 Å². The van der Waals surface area contributed by atoms with Crippen molar-refractivity contribution in [2.45, 2.75) is 58.0 Å². The third-order valence-corrected chi connectivity index (χ3v) is 4.64. The van der Waals surface area contributed by atoms with E-state index in [0.717, 1.165) is 23.3 Å². The first-order valence-electron chi connectivity index (χ1n) is 7.27. The zero-order chi connectivity index (χ0) is 12.5. The Morgan fingerprint density at radius 1 is 1.17 bits per heavy atom. The van der Waals surface area contributed by atoms with Crippen LogP contribution in [0.3, 0.4) is 0 Å². The molecule has 0 aromatic carbocycles. The summed E-state index contributed by atoms with van der Waals surface area (Å²) in [6, 6.07) is 1.35. The van der Waals surface area contributed by atoms with E-state index in [2.05, 4.69) is 34.7 Å². The quantitative estimate of drug-likeness (QED) is 0.769. The molecule has 18 heavy (non-hydrogen) atoms. The third-order valence-electron chi connectivity index (χ3n) is 4.64. The van der Waals surface area contributed by atoms with Crippen LogP contribution in [0.1, 0.15) is 43.5 Å². The molecule has 1 aliphatic carbocycles. The van der Waals surface area contributed by atoms with Crippen LogP contribution in [0.5, 0.6) is 0 Å². The summed E-state index contributed by atoms with van der Waals surface area (Å²) in [5, 5.41) is 14.8. The normalized spacial score (nSPS) is 32.0. The molecule has 0 bridgehead atoms. The lowest BCUT2D eigenvalue weighted by Gasteiger charge is -2.27. The molecular weight excluding hydrogens is 224 g/mol. The number of nitrogens with zero attached hydrogens (tertiary/aromatic N) is 1. The van der Waals surface area contributed by atoms with E-state index in [0.29, 0.717) is 6.04 Å². The van der Waals surface area contributed by atoms with E-state index in [1.165, 1.54) is 44.3 Å². The predicted octanol–water partition coefficient (Wildman–Crippen LogP) is 2.36. The standard InChI is InChI=1S/C14H24N4/c1-9-14(10(2)18-17-9)16-13-6-3-5-11(13)12-7-4-8-15-12/h11-13,15-16H,3-8H2,1-2H3,(H,17,18). The molecule has 0 amide bonds. The first-order valence-corrected chi connectivity index (χ1v) is 7.27. The minimum Gasteiger partial charge on any atom is -0.379 e. The zero-order valence-corrected chi connectivity index (χ0v) is 11.4. The minimum absolute atomic E-state index is 0.621. The maximum Gasteiger partial charge on any atom is 0.0825 e. The molecule has 1 aliphatic heterocycles. The molecule has 2 fully saturated rings. The molecule has 3 rings (SSSR count). The van der Waals surface area contributed by atoms with Gasteiger partial charge in [-0.3, -0.25) is 5.10 Å². The van der Waals surface area contributed by atoms with E-state index in [4.69, 9.17) is 0 Å². The topological polar surface area (TPSA) is 52.7 Å². The van der Waals surface area contributed by atoms with Gasteiger partial charge in [-0.15, -0.1) is 0 Å². The van der Waals surface area contributed by atoms with Gasteiger partial charge in [0.1, 0.15) is 0 Å². The Balaban J connectivity index is 1.71. The van der Waals surface area contributed by atoms with Crippen molar-refractivity contribution in [3.05, 3.63) is 11.4 Å². The van der Waals surface area contributed by atoms with Crippen molar-refractivity contribution in [3.63, 3.8) is 0 Å². The summed E-state index contributed by atoms with van der Waals surface area (Å²) in [5.41, 5.74) is 3.49. The minimum atomic E-state index is 0.621. The Morgan fingerprint density at radius 3 is 2.72 bits per heavy atom. The van der Waals surface area contributed by atoms with Crippen LogP contribution in [-0.2, 0) is 0 Å². The Hall–Kier alpha value is -1.03. The highest BCUT2D eigenvalue weighted by Crippen LogP contribution is 2.34. The molecule has 2 aliphatic rings. The zero-order valence-electron chi connectivity index (χ0n) is 11.4. The van der Waals surface area contributed by atoms with Crippen LogP contribution in [0.2, 0.25) is 0 Å². The number of H-pyrrole nitrogens is 1. The lowest BCUT2D eigenvalue weighted by atomic mass is 9.93. The average molecular weight is 248 g/mol. The SMILES string of the molecule is Cc1n[nH]c(C)c1NC1CCCC1C1CCCN1. The molecule has 3 N–H and O–H groups in total. The highest BCUT2D eigenvalue weighted by atomic mass is 15.2. The summed E-state index contributed by atoms with van der Waals surface area (Å²) in [4.78, 5) is 0. The first-order chi connectivity index (χ1) is 8.75. The van der Waals surface area contributed by atoms with E-state index in [-0.39, 0.29) is 0 Å². The van der Waals surface area contributed by atoms with Crippen molar-refractivity contribution in [2.24, 2.45) is 5.92 Å². The number of hydrogen-bond donors (Lipinski definition) is 3. The monoisotopic (exact) mass is 248 g/mol. The number of aryl methyl sites for hydroxylation is 2. The van der Waals surface area contributed by atoms with Gasteiger partial charge in [0, 0.05) is 12.1 Å². The van der Waals surface area contributed by atoms with E-state index in [9.17, 15) is 0 Å². The molecule has 4 nitrogen and oxygen atoms in total. The number of nitrogens with one attached hydrogen (secondary N) is 3. The highest BCUT2D eigenvalue weighted by Gasteiger charge is 2.35. The fourth-order valence-corrected chi connectivity index (χ4v) is 3.68. The van der Waals surface area contributed by atoms with Crippen molar-refractivity contribution in [2.75, 3.05) is 11.9 Å². The Morgan fingerprint density at radius 2 is 2.06 bits per heavy atom. The summed E-state index contributed by atoms with van der Waals surface area (Å²) in [6.07, 6.45) is 6.72. The number of aromatic nitrogens is 2. The van der Waals surface area contributed by atoms with Crippen molar-refractivity contribution in [1.29, 1.82) is 0 Å². The van der Waals surface area contributed by atoms with Gasteiger partial charge in [-0.2, -0.15) is 5.10 Å². The number of hydrogen-bond acceptors (Lipinski definition) is 3. The first kappa shape index (κ1) is 12.0. The molecule has 1 aromatic rings. The van der Waals surface area contributed by atoms with Crippen LogP contribution < -0.4 is 10.6 Å². The molecule has 100 valence electrons. The van der Waals surface area contributed by atoms with Crippen molar-refractivity contribution in [3.8, 4) is 0 Å². The highest BCUT2D eigenvalue weighted by molar-refractivity contribution is 5.52. The van der Waals surface area contributed by atoms with Crippen molar-refractivity contribution >= 4 is 5.69 Å². The smallest absolute Gasteiger partial charge is 0.0825 e. The summed E-state index contributed by atoms with van der Waals surface area (Å²) in [6.45, 7) is 5.38. The maximum atomic E-state index is 4.28. The van der Waals surface area contributed by atoms with Gasteiger partial charge in [0.15, 0.2) is 0 Å². The molecule has 3 unspecified atom stereocenters. The van der Waals surface area contributed by atoms with Gasteiger partial charge < -0.3 is 10.6 Å². The van der Waals surface area contributed by atoms with Crippen LogP contribution >= 0.6 is 0 Å². The summed E-state index contributed by atoms with van der Waals surface area (Å²) < 4.78 is 0. The second-order valence-electron chi connectivity index (χ2n) is 5.86. The molecule has 0 spiro atoms. The molecule has 0 radical (unpaired) electrons. The molecule has 1 aromatic heterocycles. The van der Waals surface area contributed by atoms with Gasteiger partial charge >= 0.3 is 0 Å². The fraction of sp³-hybridized carbons (Fsp3) is 0.786. The molecule has 1 saturated carbocycles. The molecule has 3 atom stereocenters. The summed E-state index contributed by atoms with van der Waals surface area (Å²) in [5.74, 6) is 0.793. The fourth-order valence-electron chi connectivity index (χ4n) is 3.68. The van der Waals surface area contributed by atoms with E-state index >= 15 is 0 Å². The lowest BCUT2D eigenvalue weighted by Crippen LogP contribution is -2.38. The number of anilines is 1. The van der Waals surface area contributed by atoms with Crippen LogP contribution in [0, 0.1) is 19.8 Å². The van der Waals surface area contributed by atoms with Gasteiger partial charge in [0.25, 0.3) is 0 Å². The van der Waals surface area contributed by atoms with E-state index in [1.54, 1.807) is 0 Å². The van der Waals surface area contributed by atoms with Crippen LogP contribution in [-0.4, -0.2) is 28.8 Å². The van der Waals surface area contributed by atoms with Gasteiger partial charge in [0.05, 0.1) is 17.1 Å². The van der Waals surface area contributed by atoms with Crippen molar-refractivity contribution in [1.82, 2.24) is 15.5 Å². The Labute approximate surface area is 109 Å². The van der Waals surface area contributed by atoms with Crippen LogP contribution in [0.15, 0.2) is 0 Å². The summed E-state index contributed by atoms with van der Waals surface area (Å²) >= 11 is 0. The molecular formula is C14H24N4. The molecule has 4 heteroatoms. The van der Waals surface area contributed by atoms with E-state index < -0.39 is 0 Å².